The van der Waals surface area contributed by atoms with Crippen LogP contribution in [-0.2, 0) is 16.0 Å². The summed E-state index contributed by atoms with van der Waals surface area (Å²) in [5, 5.41) is 6.43. The van der Waals surface area contributed by atoms with Gasteiger partial charge in [0.1, 0.15) is 5.82 Å². The Hall–Kier alpha value is -3.15. The molecule has 2 amide bonds. The highest BCUT2D eigenvalue weighted by Gasteiger charge is 2.29. The minimum atomic E-state index is -0.331. The first-order valence-corrected chi connectivity index (χ1v) is 8.97. The second-order valence-corrected chi connectivity index (χ2v) is 6.99. The van der Waals surface area contributed by atoms with Crippen LogP contribution < -0.4 is 10.6 Å². The molecule has 1 fully saturated rings. The van der Waals surface area contributed by atoms with Crippen molar-refractivity contribution < 1.29 is 14.0 Å². The molecule has 1 aliphatic rings. The molecular formula is C21H20FN3O2. The smallest absolute Gasteiger partial charge is 0.228 e. The fourth-order valence-corrected chi connectivity index (χ4v) is 3.21. The maximum absolute atomic E-state index is 13.6. The molecule has 1 aromatic heterocycles. The molecule has 0 bridgehead atoms. The van der Waals surface area contributed by atoms with E-state index < -0.39 is 0 Å². The maximum atomic E-state index is 13.6. The van der Waals surface area contributed by atoms with E-state index in [0.29, 0.717) is 16.8 Å². The Balaban J connectivity index is 1.47. The van der Waals surface area contributed by atoms with Crippen molar-refractivity contribution in [1.29, 1.82) is 0 Å². The zero-order valence-corrected chi connectivity index (χ0v) is 14.9. The van der Waals surface area contributed by atoms with E-state index in [1.165, 1.54) is 12.1 Å². The Morgan fingerprint density at radius 1 is 1.11 bits per heavy atom. The van der Waals surface area contributed by atoms with E-state index in [9.17, 15) is 14.0 Å². The molecule has 2 aromatic carbocycles. The minimum Gasteiger partial charge on any atom is -0.358 e. The molecule has 0 aliphatic heterocycles. The van der Waals surface area contributed by atoms with Gasteiger partial charge in [0.2, 0.25) is 11.8 Å². The lowest BCUT2D eigenvalue weighted by molar-refractivity contribution is -0.117. The van der Waals surface area contributed by atoms with Gasteiger partial charge in [-0.2, -0.15) is 0 Å². The Labute approximate surface area is 156 Å². The number of halogens is 1. The van der Waals surface area contributed by atoms with Gasteiger partial charge in [-0.1, -0.05) is 6.07 Å². The van der Waals surface area contributed by atoms with Gasteiger partial charge in [0.25, 0.3) is 0 Å². The number of hydrogen-bond acceptors (Lipinski definition) is 2. The summed E-state index contributed by atoms with van der Waals surface area (Å²) in [4.78, 5) is 27.6. The van der Waals surface area contributed by atoms with Crippen LogP contribution in [-0.4, -0.2) is 16.8 Å². The van der Waals surface area contributed by atoms with E-state index >= 15 is 0 Å². The zero-order chi connectivity index (χ0) is 19.0. The normalized spacial score (nSPS) is 13.6. The molecule has 1 aliphatic carbocycles. The molecule has 27 heavy (non-hydrogen) atoms. The molecule has 5 nitrogen and oxygen atoms in total. The van der Waals surface area contributed by atoms with Crippen molar-refractivity contribution in [1.82, 2.24) is 4.98 Å². The largest absolute Gasteiger partial charge is 0.358 e. The highest BCUT2D eigenvalue weighted by atomic mass is 19.1. The first kappa shape index (κ1) is 17.3. The third kappa shape index (κ3) is 3.84. The number of fused-ring (bicyclic) bond motifs is 1. The van der Waals surface area contributed by atoms with Gasteiger partial charge in [-0.3, -0.25) is 9.59 Å². The van der Waals surface area contributed by atoms with Gasteiger partial charge >= 0.3 is 0 Å². The maximum Gasteiger partial charge on any atom is 0.228 e. The summed E-state index contributed by atoms with van der Waals surface area (Å²) < 4.78 is 13.6. The molecule has 0 saturated heterocycles. The van der Waals surface area contributed by atoms with Gasteiger partial charge in [0.05, 0.1) is 6.42 Å². The summed E-state index contributed by atoms with van der Waals surface area (Å²) in [5.74, 6) is -0.389. The van der Waals surface area contributed by atoms with E-state index in [1.807, 2.05) is 6.92 Å². The van der Waals surface area contributed by atoms with Gasteiger partial charge in [-0.15, -0.1) is 0 Å². The average Bonchev–Trinajstić information content (AvgIpc) is 3.42. The molecule has 3 aromatic rings. The minimum absolute atomic E-state index is 0.0231. The highest BCUT2D eigenvalue weighted by molar-refractivity contribution is 5.98. The summed E-state index contributed by atoms with van der Waals surface area (Å²) in [6.07, 6.45) is 2.01. The predicted molar refractivity (Wildman–Crippen MR) is 103 cm³/mol. The lowest BCUT2D eigenvalue weighted by atomic mass is 10.1. The second-order valence-electron chi connectivity index (χ2n) is 6.99. The number of carbonyl (C=O) groups excluding carboxylic acids is 2. The van der Waals surface area contributed by atoms with E-state index in [1.54, 1.807) is 30.3 Å². The van der Waals surface area contributed by atoms with E-state index in [-0.39, 0.29) is 30.0 Å². The van der Waals surface area contributed by atoms with E-state index in [2.05, 4.69) is 15.6 Å². The van der Waals surface area contributed by atoms with Crippen LogP contribution in [0.5, 0.6) is 0 Å². The highest BCUT2D eigenvalue weighted by Crippen LogP contribution is 2.30. The number of rotatable bonds is 5. The molecule has 0 unspecified atom stereocenters. The number of nitrogens with one attached hydrogen (secondary N) is 3. The Morgan fingerprint density at radius 3 is 2.59 bits per heavy atom. The SMILES string of the molecule is Cc1[nH]c2ccc(F)cc2c1CC(=O)Nc1cccc(NC(=O)C2CC2)c1. The van der Waals surface area contributed by atoms with Crippen LogP contribution >= 0.6 is 0 Å². The summed E-state index contributed by atoms with van der Waals surface area (Å²) in [5.41, 5.74) is 3.70. The second kappa shape index (κ2) is 6.87. The number of anilines is 2. The Bertz CT molecular complexity index is 1040. The van der Waals surface area contributed by atoms with Crippen molar-refractivity contribution in [3.63, 3.8) is 0 Å². The van der Waals surface area contributed by atoms with Gasteiger partial charge in [0.15, 0.2) is 0 Å². The Kier molecular flexibility index (Phi) is 4.39. The van der Waals surface area contributed by atoms with Crippen LogP contribution in [0.3, 0.4) is 0 Å². The third-order valence-corrected chi connectivity index (χ3v) is 4.78. The zero-order valence-electron chi connectivity index (χ0n) is 14.9. The fourth-order valence-electron chi connectivity index (χ4n) is 3.21. The monoisotopic (exact) mass is 365 g/mol. The lowest BCUT2D eigenvalue weighted by Gasteiger charge is -2.09. The molecule has 1 saturated carbocycles. The Morgan fingerprint density at radius 2 is 1.85 bits per heavy atom. The summed E-state index contributed by atoms with van der Waals surface area (Å²) in [6.45, 7) is 1.87. The number of amides is 2. The molecule has 0 radical (unpaired) electrons. The third-order valence-electron chi connectivity index (χ3n) is 4.78. The summed E-state index contributed by atoms with van der Waals surface area (Å²) in [6, 6.07) is 11.6. The van der Waals surface area contributed by atoms with Gasteiger partial charge in [-0.05, 0) is 61.7 Å². The predicted octanol–water partition coefficient (Wildman–Crippen LogP) is 4.15. The van der Waals surface area contributed by atoms with Crippen molar-refractivity contribution in [2.24, 2.45) is 5.92 Å². The number of H-pyrrole nitrogens is 1. The first-order valence-electron chi connectivity index (χ1n) is 8.97. The van der Waals surface area contributed by atoms with E-state index in [0.717, 1.165) is 29.6 Å². The number of aromatic amines is 1. The van der Waals surface area contributed by atoms with Crippen molar-refractivity contribution >= 4 is 34.1 Å². The molecule has 3 N–H and O–H groups in total. The molecule has 138 valence electrons. The number of aryl methyl sites for hydroxylation is 1. The van der Waals surface area contributed by atoms with Crippen LogP contribution in [0.25, 0.3) is 10.9 Å². The first-order chi connectivity index (χ1) is 13.0. The number of carbonyl (C=O) groups is 2. The quantitative estimate of drug-likeness (QED) is 0.636. The van der Waals surface area contributed by atoms with Crippen LogP contribution in [0.2, 0.25) is 0 Å². The molecule has 0 atom stereocenters. The van der Waals surface area contributed by atoms with Crippen molar-refractivity contribution in [2.75, 3.05) is 10.6 Å². The topological polar surface area (TPSA) is 74.0 Å². The number of aromatic nitrogens is 1. The number of benzene rings is 2. The van der Waals surface area contributed by atoms with Crippen LogP contribution in [0, 0.1) is 18.7 Å². The van der Waals surface area contributed by atoms with Crippen molar-refractivity contribution in [2.45, 2.75) is 26.2 Å². The van der Waals surface area contributed by atoms with Crippen LogP contribution in [0.1, 0.15) is 24.1 Å². The van der Waals surface area contributed by atoms with E-state index in [4.69, 9.17) is 0 Å². The van der Waals surface area contributed by atoms with Crippen LogP contribution in [0.4, 0.5) is 15.8 Å². The molecule has 4 rings (SSSR count). The summed E-state index contributed by atoms with van der Waals surface area (Å²) >= 11 is 0. The molecule has 6 heteroatoms. The van der Waals surface area contributed by atoms with Crippen molar-refractivity contribution in [3.05, 3.63) is 59.5 Å². The standard InChI is InChI=1S/C21H20FN3O2/c1-12-17(18-9-14(22)7-8-19(18)23-12)11-20(26)24-15-3-2-4-16(10-15)25-21(27)13-5-6-13/h2-4,7-10,13,23H,5-6,11H2,1H3,(H,24,26)(H,25,27). The number of hydrogen-bond donors (Lipinski definition) is 3. The van der Waals surface area contributed by atoms with Crippen molar-refractivity contribution in [3.8, 4) is 0 Å². The van der Waals surface area contributed by atoms with Gasteiger partial charge < -0.3 is 15.6 Å². The summed E-state index contributed by atoms with van der Waals surface area (Å²) in [7, 11) is 0. The van der Waals surface area contributed by atoms with Crippen LogP contribution in [0.15, 0.2) is 42.5 Å². The molecule has 0 spiro atoms. The fraction of sp³-hybridized carbons (Fsp3) is 0.238. The lowest BCUT2D eigenvalue weighted by Crippen LogP contribution is -2.16. The van der Waals surface area contributed by atoms with Gasteiger partial charge in [-0.25, -0.2) is 4.39 Å². The average molecular weight is 365 g/mol. The molecule has 1 heterocycles. The molecular weight excluding hydrogens is 345 g/mol. The van der Waals surface area contributed by atoms with Gasteiger partial charge in [0, 0.05) is 33.9 Å².